The van der Waals surface area contributed by atoms with E-state index in [-0.39, 0.29) is 36.7 Å². The number of hydrogen-bond donors (Lipinski definition) is 1. The smallest absolute Gasteiger partial charge is 0.261 e. The van der Waals surface area contributed by atoms with Gasteiger partial charge in [-0.2, -0.15) is 0 Å². The van der Waals surface area contributed by atoms with Gasteiger partial charge in [0.2, 0.25) is 5.91 Å². The number of aryl methyl sites for hydroxylation is 1. The summed E-state index contributed by atoms with van der Waals surface area (Å²) in [6, 6.07) is 6.71. The molecule has 0 radical (unpaired) electrons. The summed E-state index contributed by atoms with van der Waals surface area (Å²) in [7, 11) is 0. The van der Waals surface area contributed by atoms with E-state index in [4.69, 9.17) is 0 Å². The van der Waals surface area contributed by atoms with Crippen molar-refractivity contribution in [2.75, 3.05) is 6.54 Å². The van der Waals surface area contributed by atoms with Gasteiger partial charge in [0, 0.05) is 24.0 Å². The molecule has 0 fully saturated rings. The summed E-state index contributed by atoms with van der Waals surface area (Å²) in [6.07, 6.45) is 1.51. The zero-order valence-electron chi connectivity index (χ0n) is 16.4. The van der Waals surface area contributed by atoms with Crippen LogP contribution in [0.5, 0.6) is 0 Å². The zero-order valence-corrected chi connectivity index (χ0v) is 17.2. The number of hydrogen-bond acceptors (Lipinski definition) is 5. The van der Waals surface area contributed by atoms with E-state index in [0.717, 1.165) is 17.1 Å². The van der Waals surface area contributed by atoms with Crippen molar-refractivity contribution in [1.29, 1.82) is 0 Å². The van der Waals surface area contributed by atoms with Crippen LogP contribution in [0.15, 0.2) is 29.6 Å². The summed E-state index contributed by atoms with van der Waals surface area (Å²) in [4.78, 5) is 42.9. The lowest BCUT2D eigenvalue weighted by molar-refractivity contribution is -0.122. The van der Waals surface area contributed by atoms with Crippen molar-refractivity contribution in [2.24, 2.45) is 5.92 Å². The minimum atomic E-state index is -0.281. The van der Waals surface area contributed by atoms with Gasteiger partial charge in [0.05, 0.1) is 17.2 Å². The Morgan fingerprint density at radius 2 is 1.82 bits per heavy atom. The first kappa shape index (κ1) is 20.2. The Bertz CT molecular complexity index is 856. The molecule has 148 valence electrons. The normalized spacial score (nSPS) is 14.5. The van der Waals surface area contributed by atoms with Crippen molar-refractivity contribution in [3.63, 3.8) is 0 Å². The highest BCUT2D eigenvalue weighted by atomic mass is 32.1. The SMILES string of the molecule is Cc1csc(C(CC(C)C)NC(=O)CCCN2C(=O)c3ccccc3C2=O)n1. The molecule has 0 saturated heterocycles. The molecule has 0 aliphatic carbocycles. The number of carbonyl (C=O) groups is 3. The molecule has 1 N–H and O–H groups in total. The predicted molar refractivity (Wildman–Crippen MR) is 108 cm³/mol. The van der Waals surface area contributed by atoms with E-state index in [1.54, 1.807) is 35.6 Å². The summed E-state index contributed by atoms with van der Waals surface area (Å²) < 4.78 is 0. The van der Waals surface area contributed by atoms with Crippen LogP contribution in [-0.2, 0) is 4.79 Å². The van der Waals surface area contributed by atoms with Crippen molar-refractivity contribution < 1.29 is 14.4 Å². The number of nitrogens with zero attached hydrogens (tertiary/aromatic N) is 2. The van der Waals surface area contributed by atoms with Crippen molar-refractivity contribution in [1.82, 2.24) is 15.2 Å². The van der Waals surface area contributed by atoms with Gasteiger partial charge in [-0.1, -0.05) is 26.0 Å². The Morgan fingerprint density at radius 1 is 1.18 bits per heavy atom. The lowest BCUT2D eigenvalue weighted by Gasteiger charge is -2.19. The molecule has 6 nitrogen and oxygen atoms in total. The van der Waals surface area contributed by atoms with E-state index in [1.807, 2.05) is 12.3 Å². The van der Waals surface area contributed by atoms with Gasteiger partial charge in [-0.05, 0) is 37.8 Å². The van der Waals surface area contributed by atoms with E-state index in [9.17, 15) is 14.4 Å². The monoisotopic (exact) mass is 399 g/mol. The molecule has 1 aromatic carbocycles. The van der Waals surface area contributed by atoms with Crippen molar-refractivity contribution in [3.05, 3.63) is 51.5 Å². The van der Waals surface area contributed by atoms with E-state index in [1.165, 1.54) is 4.90 Å². The average molecular weight is 400 g/mol. The lowest BCUT2D eigenvalue weighted by Crippen LogP contribution is -2.33. The summed E-state index contributed by atoms with van der Waals surface area (Å²) >= 11 is 1.56. The molecule has 0 saturated carbocycles. The minimum absolute atomic E-state index is 0.0879. The predicted octanol–water partition coefficient (Wildman–Crippen LogP) is 3.73. The molecule has 1 aliphatic rings. The number of carbonyl (C=O) groups excluding carboxylic acids is 3. The molecule has 1 aromatic heterocycles. The molecule has 3 amide bonds. The number of aromatic nitrogens is 1. The Hall–Kier alpha value is -2.54. The van der Waals surface area contributed by atoms with Crippen LogP contribution in [0.4, 0.5) is 0 Å². The largest absolute Gasteiger partial charge is 0.347 e. The third kappa shape index (κ3) is 4.47. The molecule has 1 aliphatic heterocycles. The molecule has 3 rings (SSSR count). The first-order chi connectivity index (χ1) is 13.4. The van der Waals surface area contributed by atoms with Gasteiger partial charge in [0.25, 0.3) is 11.8 Å². The fourth-order valence-corrected chi connectivity index (χ4v) is 4.19. The quantitative estimate of drug-likeness (QED) is 0.686. The molecular formula is C21H25N3O3S. The molecular weight excluding hydrogens is 374 g/mol. The molecule has 1 unspecified atom stereocenters. The molecule has 7 heteroatoms. The van der Waals surface area contributed by atoms with Gasteiger partial charge in [-0.25, -0.2) is 4.98 Å². The third-order valence-corrected chi connectivity index (χ3v) is 5.72. The molecule has 28 heavy (non-hydrogen) atoms. The van der Waals surface area contributed by atoms with Crippen LogP contribution in [0.3, 0.4) is 0 Å². The van der Waals surface area contributed by atoms with E-state index >= 15 is 0 Å². The number of rotatable bonds is 8. The second-order valence-corrected chi connectivity index (χ2v) is 8.38. The summed E-state index contributed by atoms with van der Waals surface area (Å²) in [5.41, 5.74) is 1.83. The summed E-state index contributed by atoms with van der Waals surface area (Å²) in [5, 5.41) is 5.96. The Kier molecular flexibility index (Phi) is 6.24. The highest BCUT2D eigenvalue weighted by Crippen LogP contribution is 2.25. The van der Waals surface area contributed by atoms with Crippen LogP contribution < -0.4 is 5.32 Å². The molecule has 2 aromatic rings. The number of benzene rings is 1. The number of nitrogens with one attached hydrogen (secondary N) is 1. The van der Waals surface area contributed by atoms with E-state index in [2.05, 4.69) is 24.1 Å². The van der Waals surface area contributed by atoms with Crippen LogP contribution in [0, 0.1) is 12.8 Å². The first-order valence-electron chi connectivity index (χ1n) is 9.53. The van der Waals surface area contributed by atoms with Gasteiger partial charge in [-0.3, -0.25) is 19.3 Å². The van der Waals surface area contributed by atoms with Crippen LogP contribution in [0.25, 0.3) is 0 Å². The van der Waals surface area contributed by atoms with Crippen molar-refractivity contribution in [3.8, 4) is 0 Å². The van der Waals surface area contributed by atoms with Gasteiger partial charge in [-0.15, -0.1) is 11.3 Å². The number of thiazole rings is 1. The second kappa shape index (κ2) is 8.65. The van der Waals surface area contributed by atoms with Gasteiger partial charge in [0.1, 0.15) is 5.01 Å². The van der Waals surface area contributed by atoms with Crippen LogP contribution in [0.1, 0.15) is 70.6 Å². The lowest BCUT2D eigenvalue weighted by atomic mass is 10.0. The van der Waals surface area contributed by atoms with Crippen LogP contribution in [-0.4, -0.2) is 34.2 Å². The number of fused-ring (bicyclic) bond motifs is 1. The molecule has 0 bridgehead atoms. The highest BCUT2D eigenvalue weighted by Gasteiger charge is 2.34. The number of imide groups is 1. The minimum Gasteiger partial charge on any atom is -0.347 e. The Balaban J connectivity index is 1.54. The topological polar surface area (TPSA) is 79.4 Å². The molecule has 1 atom stereocenters. The highest BCUT2D eigenvalue weighted by molar-refractivity contribution is 7.09. The summed E-state index contributed by atoms with van der Waals surface area (Å²) in [5.74, 6) is -0.225. The van der Waals surface area contributed by atoms with Crippen LogP contribution >= 0.6 is 11.3 Å². The molecule has 0 spiro atoms. The third-order valence-electron chi connectivity index (χ3n) is 4.64. The van der Waals surface area contributed by atoms with Gasteiger partial charge < -0.3 is 5.32 Å². The Morgan fingerprint density at radius 3 is 2.36 bits per heavy atom. The maximum atomic E-state index is 12.4. The van der Waals surface area contributed by atoms with Crippen molar-refractivity contribution >= 4 is 29.1 Å². The first-order valence-corrected chi connectivity index (χ1v) is 10.4. The number of amides is 3. The average Bonchev–Trinajstić information content (AvgIpc) is 3.18. The van der Waals surface area contributed by atoms with Crippen molar-refractivity contribution in [2.45, 2.75) is 46.1 Å². The zero-order chi connectivity index (χ0) is 20.3. The van der Waals surface area contributed by atoms with E-state index < -0.39 is 0 Å². The fraction of sp³-hybridized carbons (Fsp3) is 0.429. The van der Waals surface area contributed by atoms with Gasteiger partial charge in [0.15, 0.2) is 0 Å². The maximum absolute atomic E-state index is 12.4. The fourth-order valence-electron chi connectivity index (χ4n) is 3.33. The molecule has 2 heterocycles. The second-order valence-electron chi connectivity index (χ2n) is 7.49. The standard InChI is InChI=1S/C21H25N3O3S/c1-13(2)11-17(19-22-14(3)12-28-19)23-18(25)9-6-10-24-20(26)15-7-4-5-8-16(15)21(24)27/h4-5,7-8,12-13,17H,6,9-11H2,1-3H3,(H,23,25). The summed E-state index contributed by atoms with van der Waals surface area (Å²) in [6.45, 7) is 6.41. The van der Waals surface area contributed by atoms with Crippen LogP contribution in [0.2, 0.25) is 0 Å². The Labute approximate surface area is 169 Å². The van der Waals surface area contributed by atoms with E-state index in [0.29, 0.717) is 23.5 Å². The van der Waals surface area contributed by atoms with Gasteiger partial charge >= 0.3 is 0 Å². The maximum Gasteiger partial charge on any atom is 0.261 e.